The fourth-order valence-electron chi connectivity index (χ4n) is 1.77. The molecular weight excluding hydrogens is 310 g/mol. The van der Waals surface area contributed by atoms with E-state index in [9.17, 15) is 9.59 Å². The molecule has 0 heterocycles. The number of alkyl carbamates (subject to hydrolysis) is 1. The van der Waals surface area contributed by atoms with Crippen molar-refractivity contribution in [3.05, 3.63) is 28.8 Å². The largest absolute Gasteiger partial charge is 0.495 e. The van der Waals surface area contributed by atoms with Gasteiger partial charge in [0.2, 0.25) is 0 Å². The summed E-state index contributed by atoms with van der Waals surface area (Å²) in [5, 5.41) is 12.0. The van der Waals surface area contributed by atoms with Gasteiger partial charge in [-0.15, -0.1) is 0 Å². The maximum absolute atomic E-state index is 11.9. The summed E-state index contributed by atoms with van der Waals surface area (Å²) in [5.41, 5.74) is -0.107. The Bertz CT molecular complexity index is 553. The maximum Gasteiger partial charge on any atom is 0.408 e. The number of nitrogens with one attached hydrogen (secondary N) is 1. The van der Waals surface area contributed by atoms with E-state index in [2.05, 4.69) is 5.32 Å². The highest BCUT2D eigenvalue weighted by Gasteiger charge is 2.23. The van der Waals surface area contributed by atoms with Crippen molar-refractivity contribution in [2.45, 2.75) is 38.8 Å². The predicted molar refractivity (Wildman–Crippen MR) is 82.4 cm³/mol. The molecule has 0 aromatic heterocycles. The minimum atomic E-state index is -1.05. The average Bonchev–Trinajstić information content (AvgIpc) is 2.35. The van der Waals surface area contributed by atoms with E-state index in [1.165, 1.54) is 7.11 Å². The topological polar surface area (TPSA) is 84.9 Å². The quantitative estimate of drug-likeness (QED) is 0.865. The number of hydrogen-bond donors (Lipinski definition) is 2. The molecule has 2 N–H and O–H groups in total. The monoisotopic (exact) mass is 329 g/mol. The summed E-state index contributed by atoms with van der Waals surface area (Å²) in [4.78, 5) is 22.9. The first-order valence-electron chi connectivity index (χ1n) is 6.67. The fraction of sp³-hybridized carbons (Fsp3) is 0.467. The van der Waals surface area contributed by atoms with Gasteiger partial charge < -0.3 is 19.9 Å². The summed E-state index contributed by atoms with van der Waals surface area (Å²) < 4.78 is 10.3. The van der Waals surface area contributed by atoms with Gasteiger partial charge in [0.15, 0.2) is 0 Å². The van der Waals surface area contributed by atoms with E-state index in [1.807, 2.05) is 0 Å². The number of carboxylic acids is 1. The van der Waals surface area contributed by atoms with E-state index < -0.39 is 23.7 Å². The van der Waals surface area contributed by atoms with Crippen LogP contribution in [0, 0.1) is 0 Å². The van der Waals surface area contributed by atoms with Gasteiger partial charge in [-0.1, -0.05) is 17.7 Å². The van der Waals surface area contributed by atoms with Gasteiger partial charge in [0.1, 0.15) is 11.4 Å². The molecule has 7 heteroatoms. The molecule has 0 radical (unpaired) electrons. The van der Waals surface area contributed by atoms with Gasteiger partial charge in [-0.25, -0.2) is 4.79 Å². The van der Waals surface area contributed by atoms with E-state index in [4.69, 9.17) is 26.2 Å². The van der Waals surface area contributed by atoms with Crippen molar-refractivity contribution in [2.75, 3.05) is 7.11 Å². The Balaban J connectivity index is 2.98. The van der Waals surface area contributed by atoms with Gasteiger partial charge in [-0.2, -0.15) is 0 Å². The van der Waals surface area contributed by atoms with Gasteiger partial charge in [-0.3, -0.25) is 4.79 Å². The van der Waals surface area contributed by atoms with E-state index in [-0.39, 0.29) is 6.42 Å². The van der Waals surface area contributed by atoms with Gasteiger partial charge in [0, 0.05) is 0 Å². The third-order valence-corrected chi connectivity index (χ3v) is 2.96. The molecular formula is C15H20ClNO5. The summed E-state index contributed by atoms with van der Waals surface area (Å²) in [6.07, 6.45) is -0.975. The third kappa shape index (κ3) is 5.81. The molecule has 0 bridgehead atoms. The molecule has 1 rings (SSSR count). The van der Waals surface area contributed by atoms with Crippen LogP contribution in [0.2, 0.25) is 5.02 Å². The zero-order valence-corrected chi connectivity index (χ0v) is 13.7. The first kappa shape index (κ1) is 18.1. The van der Waals surface area contributed by atoms with Crippen LogP contribution in [-0.4, -0.2) is 29.9 Å². The average molecular weight is 330 g/mol. The van der Waals surface area contributed by atoms with E-state index in [1.54, 1.807) is 39.0 Å². The molecule has 0 unspecified atom stereocenters. The zero-order valence-electron chi connectivity index (χ0n) is 13.0. The minimum absolute atomic E-state index is 0.288. The second-order valence-corrected chi connectivity index (χ2v) is 6.10. The molecule has 0 aliphatic carbocycles. The number of halogens is 1. The van der Waals surface area contributed by atoms with Crippen molar-refractivity contribution < 1.29 is 24.2 Å². The minimum Gasteiger partial charge on any atom is -0.495 e. The number of benzene rings is 1. The Morgan fingerprint density at radius 1 is 1.36 bits per heavy atom. The third-order valence-electron chi connectivity index (χ3n) is 2.65. The fourth-order valence-corrected chi connectivity index (χ4v) is 1.96. The van der Waals surface area contributed by atoms with E-state index in [0.717, 1.165) is 0 Å². The highest BCUT2D eigenvalue weighted by Crippen LogP contribution is 2.29. The Hall–Kier alpha value is -1.95. The van der Waals surface area contributed by atoms with Crippen molar-refractivity contribution in [3.63, 3.8) is 0 Å². The Morgan fingerprint density at radius 2 is 2.00 bits per heavy atom. The summed E-state index contributed by atoms with van der Waals surface area (Å²) >= 11 is 5.95. The smallest absolute Gasteiger partial charge is 0.408 e. The molecule has 1 amide bonds. The molecule has 0 fully saturated rings. The van der Waals surface area contributed by atoms with Crippen molar-refractivity contribution >= 4 is 23.7 Å². The Morgan fingerprint density at radius 3 is 2.50 bits per heavy atom. The van der Waals surface area contributed by atoms with E-state index >= 15 is 0 Å². The normalized spacial score (nSPS) is 12.4. The van der Waals surface area contributed by atoms with Crippen LogP contribution in [0.25, 0.3) is 0 Å². The first-order chi connectivity index (χ1) is 10.1. The lowest BCUT2D eigenvalue weighted by molar-refractivity contribution is -0.137. The molecule has 1 aromatic rings. The summed E-state index contributed by atoms with van der Waals surface area (Å²) in [7, 11) is 1.46. The Kier molecular flexibility index (Phi) is 6.05. The molecule has 122 valence electrons. The molecule has 0 aliphatic rings. The van der Waals surface area contributed by atoms with Crippen LogP contribution in [0.4, 0.5) is 4.79 Å². The highest BCUT2D eigenvalue weighted by atomic mass is 35.5. The van der Waals surface area contributed by atoms with Crippen LogP contribution in [-0.2, 0) is 9.53 Å². The predicted octanol–water partition coefficient (Wildman–Crippen LogP) is 3.39. The molecule has 0 spiro atoms. The van der Waals surface area contributed by atoms with Crippen LogP contribution in [0.5, 0.6) is 5.75 Å². The van der Waals surface area contributed by atoms with E-state index in [0.29, 0.717) is 16.3 Å². The molecule has 0 aliphatic heterocycles. The summed E-state index contributed by atoms with van der Waals surface area (Å²) in [6, 6.07) is 4.06. The number of carboxylic acid groups (broad SMARTS) is 1. The second kappa shape index (κ2) is 7.35. The lowest BCUT2D eigenvalue weighted by Crippen LogP contribution is -2.35. The number of rotatable bonds is 5. The van der Waals surface area contributed by atoms with Gasteiger partial charge in [-0.05, 0) is 38.5 Å². The van der Waals surface area contributed by atoms with Crippen LogP contribution in [0.3, 0.4) is 0 Å². The van der Waals surface area contributed by atoms with Gasteiger partial charge in [0.05, 0.1) is 24.6 Å². The highest BCUT2D eigenvalue weighted by molar-refractivity contribution is 6.32. The van der Waals surface area contributed by atoms with Crippen molar-refractivity contribution in [3.8, 4) is 5.75 Å². The first-order valence-corrected chi connectivity index (χ1v) is 7.05. The number of ether oxygens (including phenoxy) is 2. The zero-order chi connectivity index (χ0) is 16.9. The lowest BCUT2D eigenvalue weighted by atomic mass is 10.0. The molecule has 0 saturated heterocycles. The number of methoxy groups -OCH3 is 1. The van der Waals surface area contributed by atoms with Crippen LogP contribution >= 0.6 is 11.6 Å². The molecule has 1 aromatic carbocycles. The number of carbonyl (C=O) groups excluding carboxylic acids is 1. The molecule has 0 saturated carbocycles. The maximum atomic E-state index is 11.9. The van der Waals surface area contributed by atoms with Crippen LogP contribution < -0.4 is 10.1 Å². The molecule has 1 atom stereocenters. The summed E-state index contributed by atoms with van der Waals surface area (Å²) in [5.74, 6) is -0.643. The Labute approximate surface area is 134 Å². The standard InChI is InChI=1S/C15H20ClNO5/c1-15(2,3)22-14(20)17-11(8-13(18)19)9-5-6-10(16)12(7-9)21-4/h5-7,11H,8H2,1-4H3,(H,17,20)(H,18,19)/t11-/m1/s1. The van der Waals surface area contributed by atoms with Crippen molar-refractivity contribution in [2.24, 2.45) is 0 Å². The number of carbonyl (C=O) groups is 2. The molecule has 22 heavy (non-hydrogen) atoms. The van der Waals surface area contributed by atoms with Crippen LogP contribution in [0.1, 0.15) is 38.8 Å². The van der Waals surface area contributed by atoms with Crippen molar-refractivity contribution in [1.29, 1.82) is 0 Å². The number of amides is 1. The number of hydrogen-bond acceptors (Lipinski definition) is 4. The second-order valence-electron chi connectivity index (χ2n) is 5.69. The van der Waals surface area contributed by atoms with Gasteiger partial charge in [0.25, 0.3) is 0 Å². The lowest BCUT2D eigenvalue weighted by Gasteiger charge is -2.23. The SMILES string of the molecule is COc1cc([C@@H](CC(=O)O)NC(=O)OC(C)(C)C)ccc1Cl. The number of aliphatic carboxylic acids is 1. The summed E-state index contributed by atoms with van der Waals surface area (Å²) in [6.45, 7) is 5.18. The van der Waals surface area contributed by atoms with Gasteiger partial charge >= 0.3 is 12.1 Å². The van der Waals surface area contributed by atoms with Crippen molar-refractivity contribution in [1.82, 2.24) is 5.32 Å². The molecule has 6 nitrogen and oxygen atoms in total. The van der Waals surface area contributed by atoms with Crippen LogP contribution in [0.15, 0.2) is 18.2 Å².